The van der Waals surface area contributed by atoms with Crippen LogP contribution in [0.3, 0.4) is 0 Å². The van der Waals surface area contributed by atoms with Crippen molar-refractivity contribution >= 4 is 11.6 Å². The van der Waals surface area contributed by atoms with E-state index in [4.69, 9.17) is 10.5 Å². The van der Waals surface area contributed by atoms with Crippen molar-refractivity contribution < 1.29 is 22.7 Å². The number of aliphatic imine (C=N–C) groups is 1. The summed E-state index contributed by atoms with van der Waals surface area (Å²) in [5, 5.41) is 3.72. The van der Waals surface area contributed by atoms with E-state index >= 15 is 0 Å². The van der Waals surface area contributed by atoms with Crippen molar-refractivity contribution in [2.24, 2.45) is 10.7 Å². The van der Waals surface area contributed by atoms with E-state index < -0.39 is 18.3 Å². The molecule has 3 rings (SSSR count). The van der Waals surface area contributed by atoms with Gasteiger partial charge in [-0.2, -0.15) is 18.3 Å². The van der Waals surface area contributed by atoms with Gasteiger partial charge in [0.05, 0.1) is 6.61 Å². The molecule has 2 aromatic rings. The van der Waals surface area contributed by atoms with E-state index in [-0.39, 0.29) is 24.5 Å². The molecule has 1 aromatic carbocycles. The van der Waals surface area contributed by atoms with Gasteiger partial charge in [-0.05, 0) is 24.1 Å². The molecule has 1 unspecified atom stereocenters. The lowest BCUT2D eigenvalue weighted by Gasteiger charge is -2.30. The highest BCUT2D eigenvalue weighted by Gasteiger charge is 2.30. The van der Waals surface area contributed by atoms with E-state index in [0.717, 1.165) is 11.8 Å². The zero-order chi connectivity index (χ0) is 19.7. The molecule has 2 heterocycles. The molecule has 0 fully saturated rings. The number of carbonyl (C=O) groups is 1. The first kappa shape index (κ1) is 19.1. The maximum atomic E-state index is 12.4. The highest BCUT2D eigenvalue weighted by molar-refractivity contribution is 5.95. The van der Waals surface area contributed by atoms with Crippen LogP contribution < -0.4 is 5.73 Å². The van der Waals surface area contributed by atoms with Crippen LogP contribution in [0.1, 0.15) is 28.5 Å². The van der Waals surface area contributed by atoms with E-state index in [9.17, 15) is 18.0 Å². The fourth-order valence-electron chi connectivity index (χ4n) is 2.96. The Morgan fingerprint density at radius 2 is 2.15 bits per heavy atom. The van der Waals surface area contributed by atoms with Crippen molar-refractivity contribution in [3.63, 3.8) is 0 Å². The van der Waals surface area contributed by atoms with Crippen LogP contribution in [-0.2, 0) is 23.2 Å². The molecule has 2 N–H and O–H groups in total. The molecular formula is C18H19F3N4O2. The second-order valence-electron chi connectivity index (χ2n) is 6.68. The van der Waals surface area contributed by atoms with Gasteiger partial charge in [0.1, 0.15) is 30.2 Å². The number of nitrogens with two attached hydrogens (primary N) is 1. The smallest absolute Gasteiger partial charge is 0.386 e. The minimum absolute atomic E-state index is 0.000806. The Hall–Kier alpha value is -2.68. The third-order valence-corrected chi connectivity index (χ3v) is 4.20. The molecule has 9 heteroatoms. The van der Waals surface area contributed by atoms with Crippen LogP contribution in [0.2, 0.25) is 0 Å². The average molecular weight is 380 g/mol. The number of amidine groups is 1. The monoisotopic (exact) mass is 380 g/mol. The molecule has 0 spiro atoms. The van der Waals surface area contributed by atoms with Gasteiger partial charge in [-0.3, -0.25) is 14.5 Å². The number of hydrogen-bond donors (Lipinski definition) is 1. The predicted octanol–water partition coefficient (Wildman–Crippen LogP) is 2.47. The number of benzene rings is 1. The minimum Gasteiger partial charge on any atom is -0.386 e. The quantitative estimate of drug-likeness (QED) is 0.808. The molecule has 1 atom stereocenters. The van der Waals surface area contributed by atoms with Gasteiger partial charge in [0.2, 0.25) is 0 Å². The Bertz CT molecular complexity index is 875. The summed E-state index contributed by atoms with van der Waals surface area (Å²) in [7, 11) is 0. The van der Waals surface area contributed by atoms with Crippen LogP contribution >= 0.6 is 0 Å². The van der Waals surface area contributed by atoms with Gasteiger partial charge in [0.15, 0.2) is 5.78 Å². The lowest BCUT2D eigenvalue weighted by molar-refractivity contribution is -0.142. The molecule has 0 saturated carbocycles. The first-order chi connectivity index (χ1) is 12.6. The van der Waals surface area contributed by atoms with Gasteiger partial charge >= 0.3 is 6.18 Å². The highest BCUT2D eigenvalue weighted by atomic mass is 19.4. The van der Waals surface area contributed by atoms with Gasteiger partial charge in [0.25, 0.3) is 0 Å². The van der Waals surface area contributed by atoms with Crippen LogP contribution in [-0.4, -0.2) is 40.8 Å². The third kappa shape index (κ3) is 4.73. The van der Waals surface area contributed by atoms with E-state index in [0.29, 0.717) is 22.7 Å². The number of halogens is 3. The molecule has 0 saturated heterocycles. The maximum Gasteiger partial charge on any atom is 0.408 e. The molecule has 6 nitrogen and oxygen atoms in total. The molecule has 1 aliphatic rings. The van der Waals surface area contributed by atoms with Crippen LogP contribution in [0.25, 0.3) is 0 Å². The summed E-state index contributed by atoms with van der Waals surface area (Å²) in [5.74, 6) is 0.0431. The number of rotatable bonds is 5. The standard InChI is InChI=1S/C18H19F3N4O2/c1-17(11-27-9-16(22)23-17)13-4-2-3-12(7-13)8-15(26)14-5-6-25(24-14)10-18(19,20)21/h2-7H,8-11H2,1H3,(H2,22,23). The number of hydrogen-bond acceptors (Lipinski definition) is 5. The first-order valence-electron chi connectivity index (χ1n) is 8.29. The minimum atomic E-state index is -4.39. The van der Waals surface area contributed by atoms with Gasteiger partial charge in [-0.1, -0.05) is 24.3 Å². The van der Waals surface area contributed by atoms with Crippen molar-refractivity contribution in [3.05, 3.63) is 53.3 Å². The van der Waals surface area contributed by atoms with Crippen LogP contribution in [0.5, 0.6) is 0 Å². The summed E-state index contributed by atoms with van der Waals surface area (Å²) in [6, 6.07) is 8.56. The topological polar surface area (TPSA) is 82.5 Å². The van der Waals surface area contributed by atoms with E-state index in [2.05, 4.69) is 10.1 Å². The normalized spacial score (nSPS) is 20.4. The number of carbonyl (C=O) groups excluding carboxylic acids is 1. The second-order valence-corrected chi connectivity index (χ2v) is 6.68. The summed E-state index contributed by atoms with van der Waals surface area (Å²) in [6.45, 7) is 1.31. The number of aromatic nitrogens is 2. The molecule has 1 aliphatic heterocycles. The van der Waals surface area contributed by atoms with Crippen molar-refractivity contribution in [1.29, 1.82) is 0 Å². The number of ketones is 1. The van der Waals surface area contributed by atoms with Crippen LogP contribution in [0.15, 0.2) is 41.5 Å². The summed E-state index contributed by atoms with van der Waals surface area (Å²) < 4.78 is 43.4. The Balaban J connectivity index is 1.75. The van der Waals surface area contributed by atoms with Crippen molar-refractivity contribution in [1.82, 2.24) is 9.78 Å². The first-order valence-corrected chi connectivity index (χ1v) is 8.29. The molecule has 1 aromatic heterocycles. The lowest BCUT2D eigenvalue weighted by atomic mass is 9.90. The molecule has 0 aliphatic carbocycles. The maximum absolute atomic E-state index is 12.4. The van der Waals surface area contributed by atoms with Gasteiger partial charge < -0.3 is 10.5 Å². The Labute approximate surface area is 153 Å². The van der Waals surface area contributed by atoms with Gasteiger partial charge in [0, 0.05) is 12.6 Å². The van der Waals surface area contributed by atoms with E-state index in [1.54, 1.807) is 12.1 Å². The summed E-state index contributed by atoms with van der Waals surface area (Å²) in [4.78, 5) is 16.8. The fraction of sp³-hybridized carbons (Fsp3) is 0.389. The SMILES string of the molecule is CC1(c2cccc(CC(=O)c3ccn(CC(F)(F)F)n3)c2)COCC(N)=N1. The number of nitrogens with zero attached hydrogens (tertiary/aromatic N) is 3. The summed E-state index contributed by atoms with van der Waals surface area (Å²) >= 11 is 0. The van der Waals surface area contributed by atoms with Gasteiger partial charge in [-0.25, -0.2) is 0 Å². The number of Topliss-reactive ketones (excluding diaryl/α,β-unsaturated/α-hetero) is 1. The van der Waals surface area contributed by atoms with E-state index in [1.165, 1.54) is 6.07 Å². The van der Waals surface area contributed by atoms with Crippen molar-refractivity contribution in [2.45, 2.75) is 31.6 Å². The molecule has 0 radical (unpaired) electrons. The van der Waals surface area contributed by atoms with Crippen molar-refractivity contribution in [2.75, 3.05) is 13.2 Å². The van der Waals surface area contributed by atoms with E-state index in [1.807, 2.05) is 19.1 Å². The molecule has 0 amide bonds. The Morgan fingerprint density at radius 1 is 1.37 bits per heavy atom. The second kappa shape index (κ2) is 7.15. The number of alkyl halides is 3. The average Bonchev–Trinajstić information content (AvgIpc) is 3.01. The largest absolute Gasteiger partial charge is 0.408 e. The Kier molecular flexibility index (Phi) is 5.05. The van der Waals surface area contributed by atoms with Crippen molar-refractivity contribution in [3.8, 4) is 0 Å². The molecular weight excluding hydrogens is 361 g/mol. The molecule has 0 bridgehead atoms. The number of ether oxygens (including phenoxy) is 1. The van der Waals surface area contributed by atoms with Crippen LogP contribution in [0.4, 0.5) is 13.2 Å². The fourth-order valence-corrected chi connectivity index (χ4v) is 2.96. The highest BCUT2D eigenvalue weighted by Crippen LogP contribution is 2.29. The predicted molar refractivity (Wildman–Crippen MR) is 92.6 cm³/mol. The summed E-state index contributed by atoms with van der Waals surface area (Å²) in [6.07, 6.45) is -3.22. The zero-order valence-corrected chi connectivity index (χ0v) is 14.7. The summed E-state index contributed by atoms with van der Waals surface area (Å²) in [5.41, 5.74) is 6.68. The molecule has 144 valence electrons. The van der Waals surface area contributed by atoms with Gasteiger partial charge in [-0.15, -0.1) is 0 Å². The lowest BCUT2D eigenvalue weighted by Crippen LogP contribution is -2.37. The van der Waals surface area contributed by atoms with Crippen LogP contribution in [0, 0.1) is 0 Å². The molecule has 27 heavy (non-hydrogen) atoms. The third-order valence-electron chi connectivity index (χ3n) is 4.20. The Morgan fingerprint density at radius 3 is 2.85 bits per heavy atom. The zero-order valence-electron chi connectivity index (χ0n) is 14.7.